The Balaban J connectivity index is 2.42. The maximum absolute atomic E-state index is 13.4. The van der Waals surface area contributed by atoms with Gasteiger partial charge in [0, 0.05) is 7.11 Å². The van der Waals surface area contributed by atoms with Gasteiger partial charge in [-0.2, -0.15) is 4.39 Å². The van der Waals surface area contributed by atoms with E-state index in [9.17, 15) is 19.1 Å². The molecule has 118 valence electrons. The van der Waals surface area contributed by atoms with Gasteiger partial charge in [-0.15, -0.1) is 0 Å². The predicted octanol–water partition coefficient (Wildman–Crippen LogP) is -0.667. The summed E-state index contributed by atoms with van der Waals surface area (Å²) in [5.74, 6) is -2.22. The van der Waals surface area contributed by atoms with Gasteiger partial charge in [0.25, 0.3) is 5.56 Å². The zero-order valence-electron chi connectivity index (χ0n) is 11.8. The van der Waals surface area contributed by atoms with Crippen molar-refractivity contribution in [1.82, 2.24) is 9.55 Å². The van der Waals surface area contributed by atoms with E-state index in [2.05, 4.69) is 0 Å². The number of nitrogens with zero attached hydrogens (tertiary/aromatic N) is 1. The second kappa shape index (κ2) is 5.68. The fourth-order valence-electron chi connectivity index (χ4n) is 2.17. The number of methoxy groups -OCH3 is 1. The van der Waals surface area contributed by atoms with Crippen molar-refractivity contribution < 1.29 is 23.7 Å². The summed E-state index contributed by atoms with van der Waals surface area (Å²) < 4.78 is 30.1. The van der Waals surface area contributed by atoms with Crippen molar-refractivity contribution in [3.63, 3.8) is 0 Å². The lowest BCUT2D eigenvalue weighted by molar-refractivity contribution is -0.161. The molecule has 0 spiro atoms. The fourth-order valence-corrected chi connectivity index (χ4v) is 2.17. The number of H-pyrrole nitrogens is 1. The maximum Gasteiger partial charge on any atom is 0.330 e. The molecule has 1 fully saturated rings. The first-order valence-electron chi connectivity index (χ1n) is 6.29. The van der Waals surface area contributed by atoms with E-state index in [1.165, 1.54) is 7.11 Å². The van der Waals surface area contributed by atoms with Gasteiger partial charge in [0.2, 0.25) is 5.82 Å². The molecule has 2 N–H and O–H groups in total. The zero-order chi connectivity index (χ0) is 15.8. The lowest BCUT2D eigenvalue weighted by Crippen LogP contribution is -2.42. The van der Waals surface area contributed by atoms with Crippen molar-refractivity contribution in [2.45, 2.75) is 38.1 Å². The molecule has 2 heterocycles. The molecule has 0 amide bonds. The average molecular weight is 304 g/mol. The van der Waals surface area contributed by atoms with Crippen LogP contribution in [0.15, 0.2) is 15.8 Å². The third kappa shape index (κ3) is 3.21. The first kappa shape index (κ1) is 15.8. The van der Waals surface area contributed by atoms with Crippen LogP contribution in [0, 0.1) is 5.82 Å². The van der Waals surface area contributed by atoms with Crippen LogP contribution in [-0.2, 0) is 14.2 Å². The summed E-state index contributed by atoms with van der Waals surface area (Å²) in [7, 11) is 1.39. The van der Waals surface area contributed by atoms with Crippen molar-refractivity contribution in [1.29, 1.82) is 0 Å². The number of aliphatic hydroxyl groups excluding tert-OH is 1. The summed E-state index contributed by atoms with van der Waals surface area (Å²) >= 11 is 0. The Morgan fingerprint density at radius 2 is 2.19 bits per heavy atom. The van der Waals surface area contributed by atoms with Gasteiger partial charge < -0.3 is 19.3 Å². The summed E-state index contributed by atoms with van der Waals surface area (Å²) in [6.45, 7) is 3.13. The summed E-state index contributed by atoms with van der Waals surface area (Å²) in [6.07, 6.45) is -2.42. The largest absolute Gasteiger partial charge is 0.388 e. The van der Waals surface area contributed by atoms with Crippen molar-refractivity contribution in [2.75, 3.05) is 13.7 Å². The molecule has 1 aromatic heterocycles. The van der Waals surface area contributed by atoms with Gasteiger partial charge in [0.05, 0.1) is 12.8 Å². The first-order chi connectivity index (χ1) is 9.75. The Kier molecular flexibility index (Phi) is 4.28. The third-order valence-corrected chi connectivity index (χ3v) is 3.02. The molecule has 1 aliphatic heterocycles. The molecule has 0 aliphatic carbocycles. The van der Waals surface area contributed by atoms with Gasteiger partial charge in [0.1, 0.15) is 12.2 Å². The number of hydrogen-bond donors (Lipinski definition) is 2. The lowest BCUT2D eigenvalue weighted by Gasteiger charge is -2.22. The van der Waals surface area contributed by atoms with Crippen LogP contribution in [0.4, 0.5) is 4.39 Å². The van der Waals surface area contributed by atoms with Crippen LogP contribution < -0.4 is 11.2 Å². The minimum absolute atomic E-state index is 0.0544. The number of nitrogens with one attached hydrogen (secondary N) is 1. The van der Waals surface area contributed by atoms with Crippen LogP contribution in [0.5, 0.6) is 0 Å². The Hall–Kier alpha value is -1.55. The van der Waals surface area contributed by atoms with E-state index in [0.717, 1.165) is 10.8 Å². The van der Waals surface area contributed by atoms with E-state index in [0.29, 0.717) is 0 Å². The number of aromatic amines is 1. The van der Waals surface area contributed by atoms with Crippen LogP contribution in [0.25, 0.3) is 0 Å². The standard InChI is InChI=1S/C12H17FN2O6/c1-12(2)20-8(7(16)5-19-3)10(21-12)15-4-6(13)9(17)14-11(15)18/h4,7-8,10,16H,5H2,1-3H3,(H,14,17,18)/t7-,8-,10+/m1/s1. The molecular formula is C12H17FN2O6. The molecule has 21 heavy (non-hydrogen) atoms. The van der Waals surface area contributed by atoms with Crippen LogP contribution in [0.2, 0.25) is 0 Å². The second-order valence-electron chi connectivity index (χ2n) is 5.16. The zero-order valence-corrected chi connectivity index (χ0v) is 11.8. The van der Waals surface area contributed by atoms with Gasteiger partial charge in [-0.1, -0.05) is 0 Å². The molecule has 3 atom stereocenters. The molecule has 0 bridgehead atoms. The second-order valence-corrected chi connectivity index (χ2v) is 5.16. The van der Waals surface area contributed by atoms with E-state index in [4.69, 9.17) is 14.2 Å². The number of rotatable bonds is 4. The maximum atomic E-state index is 13.4. The summed E-state index contributed by atoms with van der Waals surface area (Å²) in [5.41, 5.74) is -1.98. The highest BCUT2D eigenvalue weighted by atomic mass is 19.1. The topological polar surface area (TPSA) is 103 Å². The van der Waals surface area contributed by atoms with E-state index < -0.39 is 41.3 Å². The van der Waals surface area contributed by atoms with Crippen molar-refractivity contribution in [3.8, 4) is 0 Å². The van der Waals surface area contributed by atoms with E-state index in [1.54, 1.807) is 13.8 Å². The van der Waals surface area contributed by atoms with Crippen LogP contribution in [0.3, 0.4) is 0 Å². The highest BCUT2D eigenvalue weighted by Gasteiger charge is 2.46. The number of hydrogen-bond acceptors (Lipinski definition) is 6. The van der Waals surface area contributed by atoms with Gasteiger partial charge in [-0.25, -0.2) is 4.79 Å². The molecule has 0 unspecified atom stereocenters. The van der Waals surface area contributed by atoms with Gasteiger partial charge in [0.15, 0.2) is 12.0 Å². The Labute approximate surface area is 119 Å². The molecule has 2 rings (SSSR count). The Morgan fingerprint density at radius 1 is 1.52 bits per heavy atom. The summed E-state index contributed by atoms with van der Waals surface area (Å²) in [6, 6.07) is 0. The SMILES string of the molecule is COC[C@@H](O)[C@H]1OC(C)(C)O[C@@H]1n1cc(F)c(=O)[nH]c1=O. The van der Waals surface area contributed by atoms with Crippen LogP contribution in [-0.4, -0.2) is 46.4 Å². The van der Waals surface area contributed by atoms with Crippen molar-refractivity contribution >= 4 is 0 Å². The molecule has 0 radical (unpaired) electrons. The smallest absolute Gasteiger partial charge is 0.330 e. The molecule has 9 heteroatoms. The van der Waals surface area contributed by atoms with Crippen molar-refractivity contribution in [2.24, 2.45) is 0 Å². The molecule has 1 aliphatic rings. The van der Waals surface area contributed by atoms with Crippen molar-refractivity contribution in [3.05, 3.63) is 32.9 Å². The molecule has 0 aromatic carbocycles. The van der Waals surface area contributed by atoms with Crippen LogP contribution >= 0.6 is 0 Å². The monoisotopic (exact) mass is 304 g/mol. The van der Waals surface area contributed by atoms with Gasteiger partial charge >= 0.3 is 5.69 Å². The van der Waals surface area contributed by atoms with Gasteiger partial charge in [-0.3, -0.25) is 14.3 Å². The minimum atomic E-state index is -1.14. The predicted molar refractivity (Wildman–Crippen MR) is 68.2 cm³/mol. The minimum Gasteiger partial charge on any atom is -0.388 e. The highest BCUT2D eigenvalue weighted by Crippen LogP contribution is 2.35. The number of aromatic nitrogens is 2. The molecular weight excluding hydrogens is 287 g/mol. The number of ether oxygens (including phenoxy) is 3. The third-order valence-electron chi connectivity index (χ3n) is 3.02. The van der Waals surface area contributed by atoms with E-state index in [-0.39, 0.29) is 6.61 Å². The quantitative estimate of drug-likeness (QED) is 0.765. The normalized spacial score (nSPS) is 26.0. The number of aliphatic hydroxyl groups is 1. The summed E-state index contributed by atoms with van der Waals surface area (Å²) in [5, 5.41) is 10.0. The average Bonchev–Trinajstić information content (AvgIpc) is 2.70. The Morgan fingerprint density at radius 3 is 2.81 bits per heavy atom. The van der Waals surface area contributed by atoms with E-state index >= 15 is 0 Å². The van der Waals surface area contributed by atoms with E-state index in [1.807, 2.05) is 4.98 Å². The summed E-state index contributed by atoms with van der Waals surface area (Å²) in [4.78, 5) is 24.7. The molecule has 1 saturated heterocycles. The molecule has 0 saturated carbocycles. The van der Waals surface area contributed by atoms with Crippen LogP contribution in [0.1, 0.15) is 20.1 Å². The Bertz CT molecular complexity index is 625. The first-order valence-corrected chi connectivity index (χ1v) is 6.29. The molecule has 1 aromatic rings. The molecule has 8 nitrogen and oxygen atoms in total. The lowest BCUT2D eigenvalue weighted by atomic mass is 10.2. The van der Waals surface area contributed by atoms with Gasteiger partial charge in [-0.05, 0) is 13.8 Å². The number of halogens is 1. The highest BCUT2D eigenvalue weighted by molar-refractivity contribution is 4.93. The fraction of sp³-hybridized carbons (Fsp3) is 0.667.